The van der Waals surface area contributed by atoms with Crippen LogP contribution in [0.1, 0.15) is 36.0 Å². The number of amides is 1. The van der Waals surface area contributed by atoms with Gasteiger partial charge in [-0.3, -0.25) is 4.79 Å². The van der Waals surface area contributed by atoms with Crippen molar-refractivity contribution < 1.29 is 9.53 Å². The molecule has 0 aliphatic heterocycles. The molecule has 2 rings (SSSR count). The van der Waals surface area contributed by atoms with Gasteiger partial charge in [0.25, 0.3) is 5.91 Å². The summed E-state index contributed by atoms with van der Waals surface area (Å²) in [6, 6.07) is 7.33. The number of carbonyl (C=O) groups excluding carboxylic acids is 1. The number of hydrogen-bond donors (Lipinski definition) is 2. The minimum atomic E-state index is -0.0363. The number of nitrogens with one attached hydrogen (secondary N) is 1. The monoisotopic (exact) mass is 298 g/mol. The van der Waals surface area contributed by atoms with Crippen molar-refractivity contribution in [2.45, 2.75) is 25.7 Å². The first-order valence-corrected chi connectivity index (χ1v) is 7.00. The van der Waals surface area contributed by atoms with E-state index < -0.39 is 0 Å². The Labute approximate surface area is 126 Å². The van der Waals surface area contributed by atoms with Crippen LogP contribution < -0.4 is 15.8 Å². The molecule has 5 heteroatoms. The van der Waals surface area contributed by atoms with Crippen molar-refractivity contribution in [3.8, 4) is 5.75 Å². The van der Waals surface area contributed by atoms with Gasteiger partial charge in [-0.15, -0.1) is 12.4 Å². The second kappa shape index (κ2) is 8.82. The lowest BCUT2D eigenvalue weighted by Gasteiger charge is -2.07. The van der Waals surface area contributed by atoms with E-state index in [0.717, 1.165) is 31.1 Å². The summed E-state index contributed by atoms with van der Waals surface area (Å²) >= 11 is 0. The first kappa shape index (κ1) is 16.8. The van der Waals surface area contributed by atoms with E-state index in [9.17, 15) is 4.79 Å². The SMILES string of the molecule is Cl.NCCCCNC(=O)c1ccc(OCC2CC2)cc1. The molecule has 4 nitrogen and oxygen atoms in total. The van der Waals surface area contributed by atoms with Crippen LogP contribution in [0, 0.1) is 5.92 Å². The molecule has 1 saturated carbocycles. The molecule has 1 aromatic rings. The standard InChI is InChI=1S/C15H22N2O2.ClH/c16-9-1-2-10-17-15(18)13-5-7-14(8-6-13)19-11-12-3-4-12;/h5-8,12H,1-4,9-11,16H2,(H,17,18);1H. The molecule has 0 saturated heterocycles. The van der Waals surface area contributed by atoms with Crippen LogP contribution >= 0.6 is 12.4 Å². The maximum absolute atomic E-state index is 11.8. The topological polar surface area (TPSA) is 64.3 Å². The van der Waals surface area contributed by atoms with Gasteiger partial charge in [-0.25, -0.2) is 0 Å². The Morgan fingerprint density at radius 1 is 1.25 bits per heavy atom. The van der Waals surface area contributed by atoms with E-state index in [1.54, 1.807) is 12.1 Å². The summed E-state index contributed by atoms with van der Waals surface area (Å²) in [7, 11) is 0. The minimum Gasteiger partial charge on any atom is -0.493 e. The molecule has 0 unspecified atom stereocenters. The quantitative estimate of drug-likeness (QED) is 0.724. The molecule has 0 heterocycles. The Morgan fingerprint density at radius 3 is 2.55 bits per heavy atom. The molecule has 1 fully saturated rings. The molecule has 1 aliphatic rings. The molecule has 0 bridgehead atoms. The summed E-state index contributed by atoms with van der Waals surface area (Å²) in [5.41, 5.74) is 6.07. The van der Waals surface area contributed by atoms with Crippen LogP contribution in [-0.4, -0.2) is 25.6 Å². The van der Waals surface area contributed by atoms with Crippen LogP contribution in [0.15, 0.2) is 24.3 Å². The minimum absolute atomic E-state index is 0. The molecule has 1 amide bonds. The second-order valence-electron chi connectivity index (χ2n) is 5.03. The Hall–Kier alpha value is -1.26. The third-order valence-electron chi connectivity index (χ3n) is 3.22. The average Bonchev–Trinajstić information content (AvgIpc) is 3.26. The Kier molecular flexibility index (Phi) is 7.41. The average molecular weight is 299 g/mol. The zero-order valence-electron chi connectivity index (χ0n) is 11.6. The number of hydrogen-bond acceptors (Lipinski definition) is 3. The maximum atomic E-state index is 11.8. The predicted octanol–water partition coefficient (Wildman–Crippen LogP) is 2.37. The van der Waals surface area contributed by atoms with Crippen LogP contribution in [-0.2, 0) is 0 Å². The number of ether oxygens (including phenoxy) is 1. The summed E-state index contributed by atoms with van der Waals surface area (Å²) in [5, 5.41) is 2.88. The number of rotatable bonds is 8. The molecule has 20 heavy (non-hydrogen) atoms. The highest BCUT2D eigenvalue weighted by Crippen LogP contribution is 2.29. The van der Waals surface area contributed by atoms with Crippen molar-refractivity contribution in [3.05, 3.63) is 29.8 Å². The Balaban J connectivity index is 0.00000200. The molecule has 1 aliphatic carbocycles. The lowest BCUT2D eigenvalue weighted by Crippen LogP contribution is -2.24. The van der Waals surface area contributed by atoms with Gasteiger partial charge in [-0.2, -0.15) is 0 Å². The lowest BCUT2D eigenvalue weighted by atomic mass is 10.2. The van der Waals surface area contributed by atoms with Gasteiger partial charge in [0.05, 0.1) is 6.61 Å². The summed E-state index contributed by atoms with van der Waals surface area (Å²) < 4.78 is 5.63. The molecular weight excluding hydrogens is 276 g/mol. The number of benzene rings is 1. The summed E-state index contributed by atoms with van der Waals surface area (Å²) in [6.45, 7) is 2.14. The van der Waals surface area contributed by atoms with Gasteiger partial charge in [0.2, 0.25) is 0 Å². The third kappa shape index (κ3) is 5.80. The van der Waals surface area contributed by atoms with Crippen molar-refractivity contribution in [1.29, 1.82) is 0 Å². The number of nitrogens with two attached hydrogens (primary N) is 1. The van der Waals surface area contributed by atoms with Gasteiger partial charge in [0.1, 0.15) is 5.75 Å². The van der Waals surface area contributed by atoms with E-state index in [0.29, 0.717) is 18.7 Å². The highest BCUT2D eigenvalue weighted by atomic mass is 35.5. The molecule has 0 atom stereocenters. The fourth-order valence-corrected chi connectivity index (χ4v) is 1.77. The highest BCUT2D eigenvalue weighted by Gasteiger charge is 2.21. The summed E-state index contributed by atoms with van der Waals surface area (Å²) in [5.74, 6) is 1.54. The number of unbranched alkanes of at least 4 members (excludes halogenated alkanes) is 1. The fraction of sp³-hybridized carbons (Fsp3) is 0.533. The zero-order valence-corrected chi connectivity index (χ0v) is 12.5. The van der Waals surface area contributed by atoms with Crippen LogP contribution in [0.5, 0.6) is 5.75 Å². The fourth-order valence-electron chi connectivity index (χ4n) is 1.77. The third-order valence-corrected chi connectivity index (χ3v) is 3.22. The van der Waals surface area contributed by atoms with E-state index >= 15 is 0 Å². The van der Waals surface area contributed by atoms with Gasteiger partial charge >= 0.3 is 0 Å². The van der Waals surface area contributed by atoms with Crippen LogP contribution in [0.4, 0.5) is 0 Å². The number of halogens is 1. The summed E-state index contributed by atoms with van der Waals surface area (Å²) in [6.07, 6.45) is 4.42. The Morgan fingerprint density at radius 2 is 1.95 bits per heavy atom. The van der Waals surface area contributed by atoms with Crippen molar-refractivity contribution in [3.63, 3.8) is 0 Å². The van der Waals surface area contributed by atoms with Gasteiger partial charge in [0.15, 0.2) is 0 Å². The Bertz CT molecular complexity index is 405. The van der Waals surface area contributed by atoms with Crippen molar-refractivity contribution >= 4 is 18.3 Å². The lowest BCUT2D eigenvalue weighted by molar-refractivity contribution is 0.0953. The number of carbonyl (C=O) groups is 1. The van der Waals surface area contributed by atoms with E-state index in [2.05, 4.69) is 5.32 Å². The molecule has 112 valence electrons. The van der Waals surface area contributed by atoms with Crippen LogP contribution in [0.2, 0.25) is 0 Å². The van der Waals surface area contributed by atoms with Crippen molar-refractivity contribution in [2.75, 3.05) is 19.7 Å². The molecule has 0 radical (unpaired) electrons. The van der Waals surface area contributed by atoms with Crippen LogP contribution in [0.25, 0.3) is 0 Å². The largest absolute Gasteiger partial charge is 0.493 e. The molecule has 0 aromatic heterocycles. The maximum Gasteiger partial charge on any atom is 0.251 e. The summed E-state index contributed by atoms with van der Waals surface area (Å²) in [4.78, 5) is 11.8. The van der Waals surface area contributed by atoms with Gasteiger partial charge in [0, 0.05) is 12.1 Å². The highest BCUT2D eigenvalue weighted by molar-refractivity contribution is 5.94. The second-order valence-corrected chi connectivity index (χ2v) is 5.03. The van der Waals surface area contributed by atoms with Gasteiger partial charge in [-0.1, -0.05) is 0 Å². The van der Waals surface area contributed by atoms with E-state index in [1.165, 1.54) is 12.8 Å². The van der Waals surface area contributed by atoms with Crippen molar-refractivity contribution in [1.82, 2.24) is 5.32 Å². The van der Waals surface area contributed by atoms with Crippen LogP contribution in [0.3, 0.4) is 0 Å². The van der Waals surface area contributed by atoms with Crippen molar-refractivity contribution in [2.24, 2.45) is 11.7 Å². The zero-order chi connectivity index (χ0) is 13.5. The smallest absolute Gasteiger partial charge is 0.251 e. The predicted molar refractivity (Wildman–Crippen MR) is 82.5 cm³/mol. The normalized spacial score (nSPS) is 13.4. The first-order chi connectivity index (χ1) is 9.29. The van der Waals surface area contributed by atoms with E-state index in [-0.39, 0.29) is 18.3 Å². The van der Waals surface area contributed by atoms with E-state index in [4.69, 9.17) is 10.5 Å². The van der Waals surface area contributed by atoms with E-state index in [1.807, 2.05) is 12.1 Å². The first-order valence-electron chi connectivity index (χ1n) is 7.00. The van der Waals surface area contributed by atoms with Gasteiger partial charge < -0.3 is 15.8 Å². The van der Waals surface area contributed by atoms with Gasteiger partial charge in [-0.05, 0) is 62.4 Å². The molecule has 3 N–H and O–H groups in total. The molecular formula is C15H23ClN2O2. The molecule has 1 aromatic carbocycles. The molecule has 0 spiro atoms.